The van der Waals surface area contributed by atoms with Crippen molar-refractivity contribution in [3.05, 3.63) is 64.9 Å². The Kier molecular flexibility index (Phi) is 5.25. The first-order valence-corrected chi connectivity index (χ1v) is 8.72. The van der Waals surface area contributed by atoms with Crippen molar-refractivity contribution in [3.8, 4) is 11.4 Å². The van der Waals surface area contributed by atoms with Crippen LogP contribution in [0, 0.1) is 0 Å². The summed E-state index contributed by atoms with van der Waals surface area (Å²) in [5, 5.41) is 27.7. The fourth-order valence-electron chi connectivity index (χ4n) is 2.31. The highest BCUT2D eigenvalue weighted by atomic mass is 35.5. The molecular weight excluding hydrogens is 362 g/mol. The summed E-state index contributed by atoms with van der Waals surface area (Å²) in [5.41, 5.74) is 1.71. The summed E-state index contributed by atoms with van der Waals surface area (Å²) in [4.78, 5) is 10.9. The van der Waals surface area contributed by atoms with E-state index < -0.39 is 5.97 Å². The van der Waals surface area contributed by atoms with Gasteiger partial charge in [0.15, 0.2) is 5.16 Å². The fourth-order valence-corrected chi connectivity index (χ4v) is 3.18. The Labute approximate surface area is 153 Å². The third-order valence-electron chi connectivity index (χ3n) is 3.39. The van der Waals surface area contributed by atoms with Crippen LogP contribution in [0.3, 0.4) is 0 Å². The molecule has 128 valence electrons. The molecule has 0 aliphatic rings. The maximum atomic E-state index is 10.9. The zero-order valence-electron chi connectivity index (χ0n) is 13.0. The van der Waals surface area contributed by atoms with Crippen LogP contribution in [0.4, 0.5) is 0 Å². The highest BCUT2D eigenvalue weighted by Crippen LogP contribution is 2.25. The minimum absolute atomic E-state index is 0.113. The number of rotatable bonds is 6. The maximum Gasteiger partial charge on any atom is 0.313 e. The first-order chi connectivity index (χ1) is 12.0. The van der Waals surface area contributed by atoms with E-state index in [4.69, 9.17) is 16.7 Å². The molecule has 0 aliphatic heterocycles. The molecule has 0 fully saturated rings. The number of aliphatic carboxylic acids is 1. The molecule has 8 heteroatoms. The van der Waals surface area contributed by atoms with Crippen molar-refractivity contribution < 1.29 is 15.0 Å². The smallest absolute Gasteiger partial charge is 0.313 e. The third kappa shape index (κ3) is 4.32. The SMILES string of the molecule is O=C(O)CSc1nnc(Cc2ccc(O)cc2)n1-c1cccc(Cl)c1. The molecule has 0 radical (unpaired) electrons. The van der Waals surface area contributed by atoms with Gasteiger partial charge in [-0.2, -0.15) is 0 Å². The highest BCUT2D eigenvalue weighted by molar-refractivity contribution is 7.99. The standard InChI is InChI=1S/C17H14ClN3O3S/c18-12-2-1-3-13(9-12)21-15(8-11-4-6-14(22)7-5-11)19-20-17(21)25-10-16(23)24/h1-7,9,22H,8,10H2,(H,23,24). The van der Waals surface area contributed by atoms with Crippen molar-refractivity contribution in [1.29, 1.82) is 0 Å². The second kappa shape index (κ2) is 7.58. The van der Waals surface area contributed by atoms with Crippen LogP contribution in [-0.2, 0) is 11.2 Å². The van der Waals surface area contributed by atoms with Gasteiger partial charge in [0.25, 0.3) is 0 Å². The van der Waals surface area contributed by atoms with Crippen LogP contribution in [0.2, 0.25) is 5.02 Å². The Hall–Kier alpha value is -2.51. The third-order valence-corrected chi connectivity index (χ3v) is 4.54. The lowest BCUT2D eigenvalue weighted by atomic mass is 10.1. The van der Waals surface area contributed by atoms with Gasteiger partial charge in [0.2, 0.25) is 0 Å². The van der Waals surface area contributed by atoms with E-state index in [0.29, 0.717) is 22.4 Å². The molecule has 0 spiro atoms. The normalized spacial score (nSPS) is 10.8. The summed E-state index contributed by atoms with van der Waals surface area (Å²) in [5.74, 6) is -0.193. The number of carboxylic acid groups (broad SMARTS) is 1. The van der Waals surface area contributed by atoms with E-state index in [1.54, 1.807) is 41.0 Å². The Balaban J connectivity index is 1.99. The summed E-state index contributed by atoms with van der Waals surface area (Å²) in [7, 11) is 0. The molecule has 0 amide bonds. The average molecular weight is 376 g/mol. The van der Waals surface area contributed by atoms with Gasteiger partial charge in [-0.15, -0.1) is 10.2 Å². The molecule has 0 saturated carbocycles. The molecule has 2 N–H and O–H groups in total. The van der Waals surface area contributed by atoms with Crippen LogP contribution in [0.25, 0.3) is 5.69 Å². The number of hydrogen-bond acceptors (Lipinski definition) is 5. The van der Waals surface area contributed by atoms with Crippen LogP contribution in [0.15, 0.2) is 53.7 Å². The lowest BCUT2D eigenvalue weighted by Crippen LogP contribution is -2.05. The summed E-state index contributed by atoms with van der Waals surface area (Å²) in [6.07, 6.45) is 0.480. The summed E-state index contributed by atoms with van der Waals surface area (Å²) >= 11 is 7.19. The Morgan fingerprint density at radius 1 is 1.16 bits per heavy atom. The van der Waals surface area contributed by atoms with E-state index in [0.717, 1.165) is 23.0 Å². The zero-order valence-corrected chi connectivity index (χ0v) is 14.5. The van der Waals surface area contributed by atoms with Crippen LogP contribution in [0.1, 0.15) is 11.4 Å². The number of phenols is 1. The predicted molar refractivity (Wildman–Crippen MR) is 95.6 cm³/mol. The molecule has 3 rings (SSSR count). The molecular formula is C17H14ClN3O3S. The lowest BCUT2D eigenvalue weighted by Gasteiger charge is -2.10. The van der Waals surface area contributed by atoms with Gasteiger partial charge in [-0.25, -0.2) is 0 Å². The first kappa shape index (κ1) is 17.3. The molecule has 0 atom stereocenters. The Bertz CT molecular complexity index is 896. The van der Waals surface area contributed by atoms with Crippen LogP contribution >= 0.6 is 23.4 Å². The van der Waals surface area contributed by atoms with Gasteiger partial charge in [-0.05, 0) is 35.9 Å². The number of phenolic OH excluding ortho intramolecular Hbond substituents is 1. The van der Waals surface area contributed by atoms with E-state index in [2.05, 4.69) is 10.2 Å². The molecule has 2 aromatic carbocycles. The number of hydrogen-bond donors (Lipinski definition) is 2. The minimum Gasteiger partial charge on any atom is -0.508 e. The van der Waals surface area contributed by atoms with Gasteiger partial charge in [0, 0.05) is 11.4 Å². The van der Waals surface area contributed by atoms with Gasteiger partial charge in [-0.3, -0.25) is 9.36 Å². The van der Waals surface area contributed by atoms with Gasteiger partial charge in [0.1, 0.15) is 11.6 Å². The largest absolute Gasteiger partial charge is 0.508 e. The number of halogens is 1. The van der Waals surface area contributed by atoms with Crippen molar-refractivity contribution in [2.75, 3.05) is 5.75 Å². The minimum atomic E-state index is -0.925. The van der Waals surface area contributed by atoms with Gasteiger partial charge in [0.05, 0.1) is 11.4 Å². The lowest BCUT2D eigenvalue weighted by molar-refractivity contribution is -0.133. The predicted octanol–water partition coefficient (Wildman–Crippen LogP) is 3.39. The topological polar surface area (TPSA) is 88.2 Å². The van der Waals surface area contributed by atoms with Crippen molar-refractivity contribution in [2.45, 2.75) is 11.6 Å². The van der Waals surface area contributed by atoms with Crippen molar-refractivity contribution >= 4 is 29.3 Å². The van der Waals surface area contributed by atoms with Gasteiger partial charge >= 0.3 is 5.97 Å². The van der Waals surface area contributed by atoms with E-state index in [1.807, 2.05) is 12.1 Å². The molecule has 6 nitrogen and oxygen atoms in total. The second-order valence-electron chi connectivity index (χ2n) is 5.24. The number of carbonyl (C=O) groups is 1. The molecule has 0 saturated heterocycles. The van der Waals surface area contributed by atoms with E-state index in [-0.39, 0.29) is 11.5 Å². The van der Waals surface area contributed by atoms with Crippen molar-refractivity contribution in [2.24, 2.45) is 0 Å². The highest BCUT2D eigenvalue weighted by Gasteiger charge is 2.16. The number of aromatic nitrogens is 3. The van der Waals surface area contributed by atoms with Crippen LogP contribution < -0.4 is 0 Å². The summed E-state index contributed by atoms with van der Waals surface area (Å²) in [6, 6.07) is 14.0. The maximum absolute atomic E-state index is 10.9. The molecule has 25 heavy (non-hydrogen) atoms. The van der Waals surface area contributed by atoms with Crippen molar-refractivity contribution in [1.82, 2.24) is 14.8 Å². The summed E-state index contributed by atoms with van der Waals surface area (Å²) in [6.45, 7) is 0. The number of nitrogens with zero attached hydrogens (tertiary/aromatic N) is 3. The van der Waals surface area contributed by atoms with E-state index in [9.17, 15) is 9.90 Å². The monoisotopic (exact) mass is 375 g/mol. The molecule has 0 aliphatic carbocycles. The number of aromatic hydroxyl groups is 1. The number of carboxylic acids is 1. The average Bonchev–Trinajstić information content (AvgIpc) is 2.97. The molecule has 1 heterocycles. The summed E-state index contributed by atoms with van der Waals surface area (Å²) < 4.78 is 1.80. The van der Waals surface area contributed by atoms with Crippen LogP contribution in [0.5, 0.6) is 5.75 Å². The quantitative estimate of drug-likeness (QED) is 0.642. The Morgan fingerprint density at radius 2 is 1.92 bits per heavy atom. The van der Waals surface area contributed by atoms with Crippen molar-refractivity contribution in [3.63, 3.8) is 0 Å². The number of thioether (sulfide) groups is 1. The fraction of sp³-hybridized carbons (Fsp3) is 0.118. The first-order valence-electron chi connectivity index (χ1n) is 7.35. The zero-order chi connectivity index (χ0) is 17.8. The number of benzene rings is 2. The van der Waals surface area contributed by atoms with Gasteiger partial charge in [-0.1, -0.05) is 41.6 Å². The second-order valence-corrected chi connectivity index (χ2v) is 6.62. The molecule has 0 bridgehead atoms. The molecule has 1 aromatic heterocycles. The van der Waals surface area contributed by atoms with E-state index >= 15 is 0 Å². The molecule has 3 aromatic rings. The Morgan fingerprint density at radius 3 is 2.60 bits per heavy atom. The van der Waals surface area contributed by atoms with Crippen LogP contribution in [-0.4, -0.2) is 36.7 Å². The van der Waals surface area contributed by atoms with E-state index in [1.165, 1.54) is 0 Å². The molecule has 0 unspecified atom stereocenters. The van der Waals surface area contributed by atoms with Gasteiger partial charge < -0.3 is 10.2 Å².